The number of aromatic nitrogens is 1. The van der Waals surface area contributed by atoms with Crippen molar-refractivity contribution in [1.29, 1.82) is 0 Å². The van der Waals surface area contributed by atoms with Crippen molar-refractivity contribution >= 4 is 23.2 Å². The highest BCUT2D eigenvalue weighted by atomic mass is 32.1. The van der Waals surface area contributed by atoms with Crippen LogP contribution < -0.4 is 16.6 Å². The van der Waals surface area contributed by atoms with Crippen LogP contribution in [0.1, 0.15) is 28.3 Å². The summed E-state index contributed by atoms with van der Waals surface area (Å²) in [6, 6.07) is 0. The first-order valence-corrected chi connectivity index (χ1v) is 7.41. The topological polar surface area (TPSA) is 100 Å². The van der Waals surface area contributed by atoms with E-state index in [1.165, 1.54) is 11.3 Å². The third-order valence-corrected chi connectivity index (χ3v) is 4.36. The van der Waals surface area contributed by atoms with Gasteiger partial charge in [-0.05, 0) is 25.9 Å². The molecule has 1 saturated heterocycles. The van der Waals surface area contributed by atoms with E-state index >= 15 is 0 Å². The van der Waals surface area contributed by atoms with Crippen LogP contribution in [0, 0.1) is 5.92 Å². The second-order valence-electron chi connectivity index (χ2n) is 4.78. The van der Waals surface area contributed by atoms with Gasteiger partial charge in [-0.25, -0.2) is 10.8 Å². The molecule has 1 aromatic rings. The smallest absolute Gasteiger partial charge is 0.294 e. The monoisotopic (exact) mass is 297 g/mol. The van der Waals surface area contributed by atoms with Crippen molar-refractivity contribution in [2.75, 3.05) is 20.1 Å². The van der Waals surface area contributed by atoms with Crippen molar-refractivity contribution in [2.24, 2.45) is 11.8 Å². The summed E-state index contributed by atoms with van der Waals surface area (Å²) >= 11 is 1.29. The summed E-state index contributed by atoms with van der Waals surface area (Å²) in [5.41, 5.74) is 2.94. The van der Waals surface area contributed by atoms with Crippen molar-refractivity contribution in [2.45, 2.75) is 19.4 Å². The number of hydrogen-bond acceptors (Lipinski definition) is 6. The standard InChI is InChI=1S/C12H19N5O2S/c1-14-10(18)8-2-4-17(5-3-8)6-9-7-20-12(15-9)11(19)16-13/h7-8H,2-6,13H2,1H3,(H,14,18)(H,16,19). The van der Waals surface area contributed by atoms with Gasteiger partial charge in [0.1, 0.15) is 0 Å². The molecule has 0 atom stereocenters. The number of rotatable bonds is 4. The molecule has 1 fully saturated rings. The maximum Gasteiger partial charge on any atom is 0.294 e. The molecule has 0 radical (unpaired) electrons. The fraction of sp³-hybridized carbons (Fsp3) is 0.583. The number of likely N-dealkylation sites (tertiary alicyclic amines) is 1. The van der Waals surface area contributed by atoms with E-state index in [1.54, 1.807) is 7.05 Å². The fourth-order valence-electron chi connectivity index (χ4n) is 2.33. The van der Waals surface area contributed by atoms with Crippen LogP contribution in [0.2, 0.25) is 0 Å². The molecule has 0 spiro atoms. The summed E-state index contributed by atoms with van der Waals surface area (Å²) in [5, 5.41) is 4.95. The minimum atomic E-state index is -0.362. The van der Waals surface area contributed by atoms with Crippen LogP contribution in [0.15, 0.2) is 5.38 Å². The fourth-order valence-corrected chi connectivity index (χ4v) is 3.04. The number of carbonyl (C=O) groups is 2. The number of amides is 2. The van der Waals surface area contributed by atoms with Gasteiger partial charge in [0.15, 0.2) is 5.01 Å². The van der Waals surface area contributed by atoms with Crippen molar-refractivity contribution < 1.29 is 9.59 Å². The average Bonchev–Trinajstić information content (AvgIpc) is 2.95. The average molecular weight is 297 g/mol. The Morgan fingerprint density at radius 3 is 2.80 bits per heavy atom. The van der Waals surface area contributed by atoms with Crippen molar-refractivity contribution in [1.82, 2.24) is 20.6 Å². The Morgan fingerprint density at radius 2 is 2.20 bits per heavy atom. The van der Waals surface area contributed by atoms with Crippen LogP contribution in [0.4, 0.5) is 0 Å². The van der Waals surface area contributed by atoms with E-state index in [1.807, 2.05) is 5.38 Å². The Morgan fingerprint density at radius 1 is 1.50 bits per heavy atom. The Kier molecular flexibility index (Phi) is 5.05. The maximum absolute atomic E-state index is 11.5. The number of thiazole rings is 1. The summed E-state index contributed by atoms with van der Waals surface area (Å²) in [4.78, 5) is 29.4. The number of piperidine rings is 1. The van der Waals surface area contributed by atoms with Gasteiger partial charge >= 0.3 is 0 Å². The first kappa shape index (κ1) is 14.9. The van der Waals surface area contributed by atoms with E-state index in [9.17, 15) is 9.59 Å². The van der Waals surface area contributed by atoms with Crippen molar-refractivity contribution in [3.05, 3.63) is 16.1 Å². The van der Waals surface area contributed by atoms with Crippen molar-refractivity contribution in [3.8, 4) is 0 Å². The lowest BCUT2D eigenvalue weighted by molar-refractivity contribution is -0.125. The highest BCUT2D eigenvalue weighted by Crippen LogP contribution is 2.19. The van der Waals surface area contributed by atoms with Crippen LogP contribution in [0.5, 0.6) is 0 Å². The largest absolute Gasteiger partial charge is 0.359 e. The molecule has 8 heteroatoms. The first-order chi connectivity index (χ1) is 9.63. The number of carbonyl (C=O) groups excluding carboxylic acids is 2. The van der Waals surface area contributed by atoms with Gasteiger partial charge in [-0.15, -0.1) is 11.3 Å². The quantitative estimate of drug-likeness (QED) is 0.403. The van der Waals surface area contributed by atoms with Crippen LogP contribution in [-0.4, -0.2) is 41.8 Å². The second-order valence-corrected chi connectivity index (χ2v) is 5.64. The molecule has 2 heterocycles. The molecule has 1 aliphatic rings. The zero-order chi connectivity index (χ0) is 14.5. The van der Waals surface area contributed by atoms with Crippen LogP contribution in [0.25, 0.3) is 0 Å². The normalized spacial score (nSPS) is 16.9. The Balaban J connectivity index is 1.85. The molecule has 0 bridgehead atoms. The zero-order valence-electron chi connectivity index (χ0n) is 11.4. The van der Waals surface area contributed by atoms with Gasteiger partial charge in [0.2, 0.25) is 5.91 Å². The highest BCUT2D eigenvalue weighted by molar-refractivity contribution is 7.11. The molecule has 1 aliphatic heterocycles. The van der Waals surface area contributed by atoms with E-state index in [4.69, 9.17) is 5.84 Å². The zero-order valence-corrected chi connectivity index (χ0v) is 12.2. The molecule has 4 N–H and O–H groups in total. The lowest BCUT2D eigenvalue weighted by atomic mass is 9.96. The van der Waals surface area contributed by atoms with Gasteiger partial charge in [-0.2, -0.15) is 0 Å². The second kappa shape index (κ2) is 6.78. The van der Waals surface area contributed by atoms with E-state index in [0.29, 0.717) is 11.6 Å². The van der Waals surface area contributed by atoms with E-state index in [-0.39, 0.29) is 17.7 Å². The number of nitrogens with two attached hydrogens (primary N) is 1. The molecule has 110 valence electrons. The predicted octanol–water partition coefficient (Wildman–Crippen LogP) is -0.295. The number of nitrogen functional groups attached to an aromatic ring is 1. The molecule has 7 nitrogen and oxygen atoms in total. The predicted molar refractivity (Wildman–Crippen MR) is 75.8 cm³/mol. The minimum absolute atomic E-state index is 0.116. The van der Waals surface area contributed by atoms with Crippen molar-refractivity contribution in [3.63, 3.8) is 0 Å². The number of hydrazine groups is 1. The molecular formula is C12H19N5O2S. The van der Waals surface area contributed by atoms with Crippen LogP contribution in [-0.2, 0) is 11.3 Å². The molecule has 20 heavy (non-hydrogen) atoms. The molecule has 1 aromatic heterocycles. The Hall–Kier alpha value is -1.51. The summed E-state index contributed by atoms with van der Waals surface area (Å²) in [7, 11) is 1.67. The van der Waals surface area contributed by atoms with Gasteiger partial charge < -0.3 is 5.32 Å². The molecule has 0 saturated carbocycles. The summed E-state index contributed by atoms with van der Waals surface area (Å²) in [6.45, 7) is 2.44. The third-order valence-electron chi connectivity index (χ3n) is 3.47. The Labute approximate surface area is 121 Å². The minimum Gasteiger partial charge on any atom is -0.359 e. The molecule has 2 rings (SSSR count). The SMILES string of the molecule is CNC(=O)C1CCN(Cc2csc(C(=O)NN)n2)CC1. The van der Waals surface area contributed by atoms with Gasteiger partial charge in [0.05, 0.1) is 5.69 Å². The maximum atomic E-state index is 11.5. The number of nitrogens with one attached hydrogen (secondary N) is 2. The first-order valence-electron chi connectivity index (χ1n) is 6.53. The molecule has 2 amide bonds. The highest BCUT2D eigenvalue weighted by Gasteiger charge is 2.24. The van der Waals surface area contributed by atoms with Gasteiger partial charge in [-0.1, -0.05) is 0 Å². The number of nitrogens with zero attached hydrogens (tertiary/aromatic N) is 2. The van der Waals surface area contributed by atoms with Crippen LogP contribution in [0.3, 0.4) is 0 Å². The summed E-state index contributed by atoms with van der Waals surface area (Å²) in [5.74, 6) is 4.95. The van der Waals surface area contributed by atoms with Gasteiger partial charge in [0, 0.05) is 24.9 Å². The Bertz CT molecular complexity index is 482. The van der Waals surface area contributed by atoms with Crippen LogP contribution >= 0.6 is 11.3 Å². The molecular weight excluding hydrogens is 278 g/mol. The lowest BCUT2D eigenvalue weighted by Crippen LogP contribution is -2.39. The summed E-state index contributed by atoms with van der Waals surface area (Å²) in [6.07, 6.45) is 1.72. The lowest BCUT2D eigenvalue weighted by Gasteiger charge is -2.30. The molecule has 0 aliphatic carbocycles. The van der Waals surface area contributed by atoms with Gasteiger partial charge in [0.25, 0.3) is 5.91 Å². The van der Waals surface area contributed by atoms with E-state index in [0.717, 1.165) is 31.6 Å². The summed E-state index contributed by atoms with van der Waals surface area (Å²) < 4.78 is 0. The van der Waals surface area contributed by atoms with Gasteiger partial charge in [-0.3, -0.25) is 19.9 Å². The molecule has 0 unspecified atom stereocenters. The molecule has 0 aromatic carbocycles. The number of hydrogen-bond donors (Lipinski definition) is 3. The van der Waals surface area contributed by atoms with E-state index in [2.05, 4.69) is 20.6 Å². The third kappa shape index (κ3) is 3.53. The van der Waals surface area contributed by atoms with E-state index < -0.39 is 0 Å².